The summed E-state index contributed by atoms with van der Waals surface area (Å²) in [6.45, 7) is 2.88. The Morgan fingerprint density at radius 3 is 2.78 bits per heavy atom. The molecule has 5 nitrogen and oxygen atoms in total. The predicted octanol–water partition coefficient (Wildman–Crippen LogP) is 3.38. The van der Waals surface area contributed by atoms with E-state index in [1.54, 1.807) is 6.07 Å². The Balaban J connectivity index is 1.82. The van der Waals surface area contributed by atoms with E-state index < -0.39 is 5.95 Å². The van der Waals surface area contributed by atoms with Crippen LogP contribution in [0.2, 0.25) is 5.28 Å². The van der Waals surface area contributed by atoms with Gasteiger partial charge in [-0.15, -0.1) is 11.3 Å². The van der Waals surface area contributed by atoms with Crippen molar-refractivity contribution in [3.8, 4) is 10.4 Å². The lowest BCUT2D eigenvalue weighted by molar-refractivity contribution is 0.122. The molecule has 0 spiro atoms. The number of nitrogens with zero attached hydrogens (tertiary/aromatic N) is 4. The zero-order valence-corrected chi connectivity index (χ0v) is 13.6. The summed E-state index contributed by atoms with van der Waals surface area (Å²) in [6.07, 6.45) is 1.52. The maximum absolute atomic E-state index is 13.0. The summed E-state index contributed by atoms with van der Waals surface area (Å²) in [5.41, 5.74) is 0.846. The Labute approximate surface area is 140 Å². The van der Waals surface area contributed by atoms with Gasteiger partial charge in [0.2, 0.25) is 11.2 Å². The number of aromatic nitrogens is 3. The largest absolute Gasteiger partial charge is 0.378 e. The molecule has 1 fully saturated rings. The van der Waals surface area contributed by atoms with E-state index in [0.717, 1.165) is 39.6 Å². The zero-order valence-electron chi connectivity index (χ0n) is 12.0. The molecule has 4 heterocycles. The highest BCUT2D eigenvalue weighted by Gasteiger charge is 2.19. The van der Waals surface area contributed by atoms with Crippen LogP contribution in [0, 0.1) is 5.95 Å². The van der Waals surface area contributed by atoms with E-state index in [2.05, 4.69) is 19.9 Å². The molecular formula is C15H12ClFN4OS. The lowest BCUT2D eigenvalue weighted by atomic mass is 10.2. The third kappa shape index (κ3) is 2.87. The molecule has 0 atom stereocenters. The van der Waals surface area contributed by atoms with E-state index in [1.165, 1.54) is 23.6 Å². The van der Waals surface area contributed by atoms with Crippen LogP contribution in [-0.4, -0.2) is 41.3 Å². The quantitative estimate of drug-likeness (QED) is 0.524. The molecule has 3 aromatic rings. The Morgan fingerprint density at radius 2 is 2.04 bits per heavy atom. The number of fused-ring (bicyclic) bond motifs is 1. The van der Waals surface area contributed by atoms with Gasteiger partial charge in [-0.25, -0.2) is 9.97 Å². The smallest absolute Gasteiger partial charge is 0.225 e. The van der Waals surface area contributed by atoms with E-state index >= 15 is 0 Å². The number of hydrogen-bond acceptors (Lipinski definition) is 6. The van der Waals surface area contributed by atoms with E-state index in [9.17, 15) is 4.39 Å². The van der Waals surface area contributed by atoms with Crippen molar-refractivity contribution in [2.45, 2.75) is 0 Å². The first-order valence-corrected chi connectivity index (χ1v) is 8.32. The third-order valence-electron chi connectivity index (χ3n) is 3.67. The third-order valence-corrected chi connectivity index (χ3v) is 4.91. The first-order chi connectivity index (χ1) is 11.2. The van der Waals surface area contributed by atoms with Gasteiger partial charge in [-0.1, -0.05) is 0 Å². The van der Waals surface area contributed by atoms with Crippen molar-refractivity contribution >= 4 is 39.0 Å². The predicted molar refractivity (Wildman–Crippen MR) is 88.6 cm³/mol. The molecule has 0 unspecified atom stereocenters. The molecule has 0 bridgehead atoms. The van der Waals surface area contributed by atoms with Crippen LogP contribution in [0.4, 0.5) is 10.2 Å². The average molecular weight is 351 g/mol. The number of anilines is 1. The van der Waals surface area contributed by atoms with Gasteiger partial charge < -0.3 is 9.64 Å². The Morgan fingerprint density at radius 1 is 1.22 bits per heavy atom. The van der Waals surface area contributed by atoms with Crippen LogP contribution in [-0.2, 0) is 4.74 Å². The zero-order chi connectivity index (χ0) is 15.8. The molecule has 0 saturated carbocycles. The summed E-state index contributed by atoms with van der Waals surface area (Å²) < 4.78 is 18.4. The van der Waals surface area contributed by atoms with Gasteiger partial charge >= 0.3 is 0 Å². The highest BCUT2D eigenvalue weighted by atomic mass is 35.5. The molecule has 0 aromatic carbocycles. The molecule has 1 aliphatic rings. The van der Waals surface area contributed by atoms with Gasteiger partial charge in [0.25, 0.3) is 0 Å². The number of morpholine rings is 1. The minimum absolute atomic E-state index is 0.227. The Hall–Kier alpha value is -1.83. The summed E-state index contributed by atoms with van der Waals surface area (Å²) in [6, 6.07) is 5.06. The molecule has 0 aliphatic carbocycles. The molecule has 0 radical (unpaired) electrons. The van der Waals surface area contributed by atoms with Crippen LogP contribution < -0.4 is 4.90 Å². The first kappa shape index (κ1) is 14.7. The summed E-state index contributed by atoms with van der Waals surface area (Å²) in [5.74, 6) is 0.326. The minimum Gasteiger partial charge on any atom is -0.378 e. The van der Waals surface area contributed by atoms with Gasteiger partial charge in [0.05, 0.1) is 18.6 Å². The molecule has 0 amide bonds. The summed E-state index contributed by atoms with van der Waals surface area (Å²) in [4.78, 5) is 16.3. The SMILES string of the molecule is Fc1ccc(-c2cc3c(N4CCOCC4)nc(Cl)nc3s2)cn1. The highest BCUT2D eigenvalue weighted by molar-refractivity contribution is 7.22. The number of rotatable bonds is 2. The number of thiophene rings is 1. The molecule has 23 heavy (non-hydrogen) atoms. The second-order valence-electron chi connectivity index (χ2n) is 5.11. The van der Waals surface area contributed by atoms with E-state index in [1.807, 2.05) is 6.07 Å². The van der Waals surface area contributed by atoms with Crippen molar-refractivity contribution in [3.05, 3.63) is 35.6 Å². The molecule has 118 valence electrons. The number of pyridine rings is 1. The first-order valence-electron chi connectivity index (χ1n) is 7.12. The Kier molecular flexibility index (Phi) is 3.84. The maximum Gasteiger partial charge on any atom is 0.225 e. The van der Waals surface area contributed by atoms with Crippen molar-refractivity contribution in [1.82, 2.24) is 15.0 Å². The minimum atomic E-state index is -0.494. The molecule has 3 aromatic heterocycles. The fourth-order valence-electron chi connectivity index (χ4n) is 2.56. The average Bonchev–Trinajstić information content (AvgIpc) is 2.99. The van der Waals surface area contributed by atoms with Gasteiger partial charge in [-0.2, -0.15) is 9.37 Å². The van der Waals surface area contributed by atoms with Gasteiger partial charge in [0.15, 0.2) is 0 Å². The molecular weight excluding hydrogens is 339 g/mol. The van der Waals surface area contributed by atoms with Crippen molar-refractivity contribution < 1.29 is 9.13 Å². The summed E-state index contributed by atoms with van der Waals surface area (Å²) in [7, 11) is 0. The standard InChI is InChI=1S/C15H12ClFN4OS/c16-15-19-13(21-3-5-22-6-4-21)10-7-11(23-14(10)20-15)9-1-2-12(17)18-8-9/h1-2,7-8H,3-6H2. The topological polar surface area (TPSA) is 51.1 Å². The van der Waals surface area contributed by atoms with Gasteiger partial charge in [-0.3, -0.25) is 0 Å². The Bertz CT molecular complexity index is 849. The monoisotopic (exact) mass is 350 g/mol. The second kappa shape index (κ2) is 5.99. The van der Waals surface area contributed by atoms with Crippen LogP contribution in [0.3, 0.4) is 0 Å². The van der Waals surface area contributed by atoms with E-state index in [0.29, 0.717) is 13.2 Å². The normalized spacial score (nSPS) is 15.3. The lowest BCUT2D eigenvalue weighted by Crippen LogP contribution is -2.36. The van der Waals surface area contributed by atoms with Crippen molar-refractivity contribution in [3.63, 3.8) is 0 Å². The second-order valence-corrected chi connectivity index (χ2v) is 6.48. The van der Waals surface area contributed by atoms with Crippen LogP contribution >= 0.6 is 22.9 Å². The van der Waals surface area contributed by atoms with E-state index in [4.69, 9.17) is 16.3 Å². The fraction of sp³-hybridized carbons (Fsp3) is 0.267. The molecule has 0 N–H and O–H groups in total. The summed E-state index contributed by atoms with van der Waals surface area (Å²) >= 11 is 7.58. The van der Waals surface area contributed by atoms with Crippen molar-refractivity contribution in [1.29, 1.82) is 0 Å². The van der Waals surface area contributed by atoms with Gasteiger partial charge in [0.1, 0.15) is 10.6 Å². The number of ether oxygens (including phenoxy) is 1. The number of halogens is 2. The molecule has 8 heteroatoms. The van der Waals surface area contributed by atoms with E-state index in [-0.39, 0.29) is 5.28 Å². The van der Waals surface area contributed by atoms with Crippen LogP contribution in [0.5, 0.6) is 0 Å². The van der Waals surface area contributed by atoms with Crippen molar-refractivity contribution in [2.75, 3.05) is 31.2 Å². The molecule has 1 aliphatic heterocycles. The van der Waals surface area contributed by atoms with Crippen molar-refractivity contribution in [2.24, 2.45) is 0 Å². The lowest BCUT2D eigenvalue weighted by Gasteiger charge is -2.28. The molecule has 4 rings (SSSR count). The highest BCUT2D eigenvalue weighted by Crippen LogP contribution is 2.37. The fourth-order valence-corrected chi connectivity index (χ4v) is 3.79. The van der Waals surface area contributed by atoms with Crippen LogP contribution in [0.15, 0.2) is 24.4 Å². The number of hydrogen-bond donors (Lipinski definition) is 0. The maximum atomic E-state index is 13.0. The van der Waals surface area contributed by atoms with Crippen LogP contribution in [0.1, 0.15) is 0 Å². The molecule has 1 saturated heterocycles. The van der Waals surface area contributed by atoms with Gasteiger partial charge in [-0.05, 0) is 29.8 Å². The summed E-state index contributed by atoms with van der Waals surface area (Å²) in [5, 5.41) is 1.17. The van der Waals surface area contributed by atoms with Gasteiger partial charge in [0, 0.05) is 29.7 Å². The van der Waals surface area contributed by atoms with Crippen LogP contribution in [0.25, 0.3) is 20.7 Å².